The molecule has 0 bridgehead atoms. The number of aromatic nitrogens is 3. The lowest BCUT2D eigenvalue weighted by molar-refractivity contribution is 0.0949. The minimum Gasteiger partial charge on any atom is -0.352 e. The highest BCUT2D eigenvalue weighted by Gasteiger charge is 2.16. The Kier molecular flexibility index (Phi) is 3.50. The van der Waals surface area contributed by atoms with E-state index in [0.717, 1.165) is 5.82 Å². The van der Waals surface area contributed by atoms with Gasteiger partial charge in [0, 0.05) is 26.0 Å². The van der Waals surface area contributed by atoms with Crippen molar-refractivity contribution in [3.8, 4) is 5.82 Å². The van der Waals surface area contributed by atoms with Crippen molar-refractivity contribution < 1.29 is 4.79 Å². The van der Waals surface area contributed by atoms with Gasteiger partial charge >= 0.3 is 0 Å². The van der Waals surface area contributed by atoms with Crippen molar-refractivity contribution in [3.63, 3.8) is 0 Å². The van der Waals surface area contributed by atoms with E-state index in [1.165, 1.54) is 0 Å². The molecule has 2 rings (SSSR count). The van der Waals surface area contributed by atoms with Gasteiger partial charge in [-0.1, -0.05) is 13.8 Å². The molecule has 0 saturated carbocycles. The molecule has 0 aliphatic carbocycles. The fourth-order valence-corrected chi connectivity index (χ4v) is 1.77. The monoisotopic (exact) mass is 246 g/mol. The standard InChI is InChI=1S/C13H18N4O/c1-10(2)8-14-12(18)11-9-15-16(3)13(11)17-6-4-5-7-17/h4-7,9-10H,8H2,1-3H3,(H,14,18). The Bertz CT molecular complexity index is 525. The number of aryl methyl sites for hydroxylation is 1. The van der Waals surface area contributed by atoms with Gasteiger partial charge in [0.2, 0.25) is 0 Å². The second-order valence-corrected chi connectivity index (χ2v) is 4.70. The molecule has 18 heavy (non-hydrogen) atoms. The first-order valence-corrected chi connectivity index (χ1v) is 6.03. The van der Waals surface area contributed by atoms with E-state index in [1.54, 1.807) is 10.9 Å². The maximum Gasteiger partial charge on any atom is 0.256 e. The van der Waals surface area contributed by atoms with Gasteiger partial charge in [0.05, 0.1) is 6.20 Å². The molecule has 2 aromatic heterocycles. The van der Waals surface area contributed by atoms with Crippen molar-refractivity contribution in [1.82, 2.24) is 19.7 Å². The van der Waals surface area contributed by atoms with Gasteiger partial charge in [-0.2, -0.15) is 5.10 Å². The summed E-state index contributed by atoms with van der Waals surface area (Å²) in [5.41, 5.74) is 0.592. The maximum atomic E-state index is 12.1. The molecule has 0 radical (unpaired) electrons. The van der Waals surface area contributed by atoms with Crippen LogP contribution in [0, 0.1) is 5.92 Å². The number of amides is 1. The highest BCUT2D eigenvalue weighted by atomic mass is 16.1. The van der Waals surface area contributed by atoms with Crippen LogP contribution in [0.15, 0.2) is 30.7 Å². The fraction of sp³-hybridized carbons (Fsp3) is 0.385. The molecule has 0 atom stereocenters. The molecular weight excluding hydrogens is 228 g/mol. The molecule has 0 unspecified atom stereocenters. The molecule has 2 heterocycles. The van der Waals surface area contributed by atoms with Crippen LogP contribution in [0.25, 0.3) is 5.82 Å². The number of nitrogens with one attached hydrogen (secondary N) is 1. The quantitative estimate of drug-likeness (QED) is 0.890. The summed E-state index contributed by atoms with van der Waals surface area (Å²) in [6.07, 6.45) is 5.40. The van der Waals surface area contributed by atoms with Gasteiger partial charge < -0.3 is 9.88 Å². The van der Waals surface area contributed by atoms with Crippen LogP contribution in [0.5, 0.6) is 0 Å². The summed E-state index contributed by atoms with van der Waals surface area (Å²) in [5, 5.41) is 7.06. The van der Waals surface area contributed by atoms with E-state index in [4.69, 9.17) is 0 Å². The Morgan fingerprint density at radius 2 is 2.06 bits per heavy atom. The zero-order valence-corrected chi connectivity index (χ0v) is 10.9. The van der Waals surface area contributed by atoms with Crippen molar-refractivity contribution >= 4 is 5.91 Å². The molecule has 1 amide bonds. The Morgan fingerprint density at radius 3 is 2.67 bits per heavy atom. The Labute approximate surface area is 106 Å². The maximum absolute atomic E-state index is 12.1. The highest BCUT2D eigenvalue weighted by Crippen LogP contribution is 2.13. The van der Waals surface area contributed by atoms with E-state index in [2.05, 4.69) is 24.3 Å². The summed E-state index contributed by atoms with van der Waals surface area (Å²) in [7, 11) is 1.83. The van der Waals surface area contributed by atoms with Gasteiger partial charge in [-0.3, -0.25) is 9.48 Å². The summed E-state index contributed by atoms with van der Waals surface area (Å²) in [5.74, 6) is 1.13. The van der Waals surface area contributed by atoms with E-state index in [0.29, 0.717) is 18.0 Å². The Morgan fingerprint density at radius 1 is 1.39 bits per heavy atom. The molecule has 0 aliphatic rings. The molecule has 0 aromatic carbocycles. The van der Waals surface area contributed by atoms with Crippen LogP contribution >= 0.6 is 0 Å². The number of carbonyl (C=O) groups excluding carboxylic acids is 1. The minimum atomic E-state index is -0.0829. The molecule has 96 valence electrons. The zero-order chi connectivity index (χ0) is 13.1. The molecule has 0 aliphatic heterocycles. The molecule has 5 heteroatoms. The third-order valence-electron chi connectivity index (χ3n) is 2.67. The summed E-state index contributed by atoms with van der Waals surface area (Å²) in [4.78, 5) is 12.1. The van der Waals surface area contributed by atoms with Crippen molar-refractivity contribution in [2.24, 2.45) is 13.0 Å². The van der Waals surface area contributed by atoms with Gasteiger partial charge in [0.15, 0.2) is 0 Å². The summed E-state index contributed by atoms with van der Waals surface area (Å²) in [6.45, 7) is 4.80. The lowest BCUT2D eigenvalue weighted by atomic mass is 10.2. The summed E-state index contributed by atoms with van der Waals surface area (Å²) < 4.78 is 3.58. The molecule has 5 nitrogen and oxygen atoms in total. The summed E-state index contributed by atoms with van der Waals surface area (Å²) >= 11 is 0. The van der Waals surface area contributed by atoms with Crippen LogP contribution in [0.4, 0.5) is 0 Å². The van der Waals surface area contributed by atoms with E-state index >= 15 is 0 Å². The van der Waals surface area contributed by atoms with Crippen molar-refractivity contribution in [2.75, 3.05) is 6.54 Å². The minimum absolute atomic E-state index is 0.0829. The SMILES string of the molecule is CC(C)CNC(=O)c1cnn(C)c1-n1cccc1. The first kappa shape index (κ1) is 12.4. The lowest BCUT2D eigenvalue weighted by Gasteiger charge is -2.09. The van der Waals surface area contributed by atoms with E-state index in [9.17, 15) is 4.79 Å². The first-order chi connectivity index (χ1) is 8.59. The third kappa shape index (κ3) is 2.45. The van der Waals surface area contributed by atoms with Crippen LogP contribution in [-0.4, -0.2) is 26.8 Å². The average molecular weight is 246 g/mol. The van der Waals surface area contributed by atoms with Gasteiger partial charge in [0.1, 0.15) is 11.4 Å². The number of hydrogen-bond acceptors (Lipinski definition) is 2. The van der Waals surface area contributed by atoms with Crippen LogP contribution in [0.3, 0.4) is 0 Å². The highest BCUT2D eigenvalue weighted by molar-refractivity contribution is 5.97. The van der Waals surface area contributed by atoms with Crippen LogP contribution in [0.1, 0.15) is 24.2 Å². The lowest BCUT2D eigenvalue weighted by Crippen LogP contribution is -2.28. The Balaban J connectivity index is 2.27. The zero-order valence-electron chi connectivity index (χ0n) is 10.9. The predicted molar refractivity (Wildman–Crippen MR) is 69.7 cm³/mol. The fourth-order valence-electron chi connectivity index (χ4n) is 1.77. The smallest absolute Gasteiger partial charge is 0.256 e. The van der Waals surface area contributed by atoms with E-state index < -0.39 is 0 Å². The number of carbonyl (C=O) groups is 1. The van der Waals surface area contributed by atoms with Crippen LogP contribution < -0.4 is 5.32 Å². The van der Waals surface area contributed by atoms with Crippen molar-refractivity contribution in [2.45, 2.75) is 13.8 Å². The second kappa shape index (κ2) is 5.08. The van der Waals surface area contributed by atoms with E-state index in [-0.39, 0.29) is 5.91 Å². The van der Waals surface area contributed by atoms with Gasteiger partial charge in [0.25, 0.3) is 5.91 Å². The number of rotatable bonds is 4. The summed E-state index contributed by atoms with van der Waals surface area (Å²) in [6, 6.07) is 3.84. The molecule has 0 saturated heterocycles. The topological polar surface area (TPSA) is 51.9 Å². The van der Waals surface area contributed by atoms with Crippen molar-refractivity contribution in [1.29, 1.82) is 0 Å². The molecule has 2 aromatic rings. The molecule has 1 N–H and O–H groups in total. The number of nitrogens with zero attached hydrogens (tertiary/aromatic N) is 3. The molecular formula is C13H18N4O. The van der Waals surface area contributed by atoms with Gasteiger partial charge in [-0.05, 0) is 18.1 Å². The largest absolute Gasteiger partial charge is 0.352 e. The third-order valence-corrected chi connectivity index (χ3v) is 2.67. The van der Waals surface area contributed by atoms with Crippen LogP contribution in [0.2, 0.25) is 0 Å². The van der Waals surface area contributed by atoms with Crippen molar-refractivity contribution in [3.05, 3.63) is 36.3 Å². The first-order valence-electron chi connectivity index (χ1n) is 6.03. The van der Waals surface area contributed by atoms with Gasteiger partial charge in [-0.25, -0.2) is 0 Å². The average Bonchev–Trinajstić information content (AvgIpc) is 2.94. The molecule has 0 spiro atoms. The second-order valence-electron chi connectivity index (χ2n) is 4.70. The van der Waals surface area contributed by atoms with Gasteiger partial charge in [-0.15, -0.1) is 0 Å². The Hall–Kier alpha value is -2.04. The molecule has 0 fully saturated rings. The predicted octanol–water partition coefficient (Wildman–Crippen LogP) is 1.60. The van der Waals surface area contributed by atoms with Crippen LogP contribution in [-0.2, 0) is 7.05 Å². The normalized spacial score (nSPS) is 10.9. The van der Waals surface area contributed by atoms with E-state index in [1.807, 2.05) is 36.1 Å². The number of hydrogen-bond donors (Lipinski definition) is 1.